The SMILES string of the molecule is CCNC(CCc1ccc(Cl)c(CC/C(N)=C/C(C)=O)c1)=C1CCC1. The Kier molecular flexibility index (Phi) is 7.57. The van der Waals surface area contributed by atoms with E-state index in [1.807, 2.05) is 6.07 Å². The van der Waals surface area contributed by atoms with E-state index in [0.29, 0.717) is 12.1 Å². The molecule has 0 bridgehead atoms. The molecule has 0 spiro atoms. The van der Waals surface area contributed by atoms with E-state index in [1.165, 1.54) is 43.5 Å². The second-order valence-electron chi connectivity index (χ2n) is 6.72. The van der Waals surface area contributed by atoms with Crippen LogP contribution in [0, 0.1) is 0 Å². The van der Waals surface area contributed by atoms with Crippen molar-refractivity contribution in [3.05, 3.63) is 57.4 Å². The Morgan fingerprint density at radius 3 is 2.64 bits per heavy atom. The van der Waals surface area contributed by atoms with Crippen LogP contribution in [0.3, 0.4) is 0 Å². The van der Waals surface area contributed by atoms with Crippen molar-refractivity contribution in [1.29, 1.82) is 0 Å². The molecule has 0 saturated heterocycles. The maximum atomic E-state index is 11.1. The average Bonchev–Trinajstić information content (AvgIpc) is 2.50. The summed E-state index contributed by atoms with van der Waals surface area (Å²) in [6, 6.07) is 6.26. The van der Waals surface area contributed by atoms with Crippen LogP contribution in [0.5, 0.6) is 0 Å². The van der Waals surface area contributed by atoms with Gasteiger partial charge in [0.25, 0.3) is 0 Å². The molecule has 3 nitrogen and oxygen atoms in total. The standard InChI is InChI=1S/C21H29ClN2O/c1-3-24-21(17-5-4-6-17)12-8-16-7-11-20(22)18(14-16)9-10-19(23)13-15(2)25/h7,11,13-14,24H,3-6,8-10,12,23H2,1-2H3/b19-13-. The van der Waals surface area contributed by atoms with E-state index in [0.717, 1.165) is 36.4 Å². The first kappa shape index (κ1) is 19.6. The molecule has 25 heavy (non-hydrogen) atoms. The average molecular weight is 361 g/mol. The summed E-state index contributed by atoms with van der Waals surface area (Å²) in [5.41, 5.74) is 11.9. The molecule has 1 aromatic carbocycles. The number of nitrogens with two attached hydrogens (primary N) is 1. The van der Waals surface area contributed by atoms with Gasteiger partial charge in [0.1, 0.15) is 0 Å². The third-order valence-corrected chi connectivity index (χ3v) is 4.99. The lowest BCUT2D eigenvalue weighted by molar-refractivity contribution is -0.112. The summed E-state index contributed by atoms with van der Waals surface area (Å²) in [5, 5.41) is 4.30. The summed E-state index contributed by atoms with van der Waals surface area (Å²) < 4.78 is 0. The Morgan fingerprint density at radius 1 is 1.28 bits per heavy atom. The number of ketones is 1. The van der Waals surface area contributed by atoms with Gasteiger partial charge in [-0.1, -0.05) is 29.3 Å². The van der Waals surface area contributed by atoms with Crippen molar-refractivity contribution in [2.45, 2.75) is 58.8 Å². The van der Waals surface area contributed by atoms with Gasteiger partial charge in [0.2, 0.25) is 0 Å². The van der Waals surface area contributed by atoms with Crippen LogP contribution in [-0.4, -0.2) is 12.3 Å². The molecule has 0 atom stereocenters. The molecule has 1 fully saturated rings. The van der Waals surface area contributed by atoms with Crippen molar-refractivity contribution in [2.24, 2.45) is 5.73 Å². The lowest BCUT2D eigenvalue weighted by Gasteiger charge is -2.23. The van der Waals surface area contributed by atoms with Crippen LogP contribution in [0.2, 0.25) is 5.02 Å². The lowest BCUT2D eigenvalue weighted by atomic mass is 9.88. The maximum Gasteiger partial charge on any atom is 0.154 e. The Morgan fingerprint density at radius 2 is 2.04 bits per heavy atom. The van der Waals surface area contributed by atoms with Gasteiger partial charge in [-0.05, 0) is 82.1 Å². The number of nitrogens with one attached hydrogen (secondary N) is 1. The molecule has 3 N–H and O–H groups in total. The van der Waals surface area contributed by atoms with Crippen molar-refractivity contribution in [3.8, 4) is 0 Å². The largest absolute Gasteiger partial charge is 0.402 e. The van der Waals surface area contributed by atoms with Crippen LogP contribution in [0.1, 0.15) is 57.1 Å². The fourth-order valence-corrected chi connectivity index (χ4v) is 3.33. The predicted octanol–water partition coefficient (Wildman–Crippen LogP) is 4.68. The minimum atomic E-state index is -0.0164. The van der Waals surface area contributed by atoms with Crippen molar-refractivity contribution in [2.75, 3.05) is 6.54 Å². The van der Waals surface area contributed by atoms with Crippen LogP contribution < -0.4 is 11.1 Å². The summed E-state index contributed by atoms with van der Waals surface area (Å²) in [4.78, 5) is 11.1. The zero-order valence-corrected chi connectivity index (χ0v) is 16.1. The first-order valence-corrected chi connectivity index (χ1v) is 9.56. The molecule has 1 saturated carbocycles. The van der Waals surface area contributed by atoms with E-state index < -0.39 is 0 Å². The van der Waals surface area contributed by atoms with Crippen LogP contribution in [0.25, 0.3) is 0 Å². The van der Waals surface area contributed by atoms with E-state index in [2.05, 4.69) is 24.4 Å². The highest BCUT2D eigenvalue weighted by Crippen LogP contribution is 2.30. The van der Waals surface area contributed by atoms with Gasteiger partial charge in [0.05, 0.1) is 0 Å². The van der Waals surface area contributed by atoms with Crippen LogP contribution in [-0.2, 0) is 17.6 Å². The van der Waals surface area contributed by atoms with Gasteiger partial charge in [-0.2, -0.15) is 0 Å². The van der Waals surface area contributed by atoms with Crippen molar-refractivity contribution in [1.82, 2.24) is 5.32 Å². The predicted molar refractivity (Wildman–Crippen MR) is 106 cm³/mol. The first-order chi connectivity index (χ1) is 12.0. The normalized spacial score (nSPS) is 14.2. The summed E-state index contributed by atoms with van der Waals surface area (Å²) >= 11 is 6.33. The van der Waals surface area contributed by atoms with Gasteiger partial charge >= 0.3 is 0 Å². The number of rotatable bonds is 9. The number of aryl methyl sites for hydroxylation is 2. The van der Waals surface area contributed by atoms with Crippen LogP contribution in [0.4, 0.5) is 0 Å². The molecule has 0 aliphatic heterocycles. The van der Waals surface area contributed by atoms with Gasteiger partial charge in [-0.25, -0.2) is 0 Å². The monoisotopic (exact) mass is 360 g/mol. The molecule has 2 rings (SSSR count). The highest BCUT2D eigenvalue weighted by molar-refractivity contribution is 6.31. The van der Waals surface area contributed by atoms with Gasteiger partial charge < -0.3 is 11.1 Å². The Balaban J connectivity index is 1.99. The Bertz CT molecular complexity index is 670. The molecule has 1 aromatic rings. The van der Waals surface area contributed by atoms with Gasteiger partial charge in [0, 0.05) is 23.0 Å². The quantitative estimate of drug-likeness (QED) is 0.628. The first-order valence-electron chi connectivity index (χ1n) is 9.18. The number of hydrogen-bond donors (Lipinski definition) is 2. The molecule has 1 aliphatic rings. The van der Waals surface area contributed by atoms with Gasteiger partial charge in [-0.3, -0.25) is 4.79 Å². The van der Waals surface area contributed by atoms with E-state index in [-0.39, 0.29) is 5.78 Å². The van der Waals surface area contributed by atoms with E-state index in [1.54, 1.807) is 5.57 Å². The third-order valence-electron chi connectivity index (χ3n) is 4.62. The smallest absolute Gasteiger partial charge is 0.154 e. The zero-order valence-electron chi connectivity index (χ0n) is 15.3. The molecule has 0 heterocycles. The molecule has 4 heteroatoms. The van der Waals surface area contributed by atoms with Crippen LogP contribution in [0.15, 0.2) is 41.2 Å². The second-order valence-corrected chi connectivity index (χ2v) is 7.13. The molecular formula is C21H29ClN2O. The molecular weight excluding hydrogens is 332 g/mol. The van der Waals surface area contributed by atoms with E-state index >= 15 is 0 Å². The third kappa shape index (κ3) is 6.24. The molecule has 0 radical (unpaired) electrons. The van der Waals surface area contributed by atoms with Crippen molar-refractivity contribution in [3.63, 3.8) is 0 Å². The topological polar surface area (TPSA) is 55.1 Å². The number of carbonyl (C=O) groups excluding carboxylic acids is 1. The summed E-state index contributed by atoms with van der Waals surface area (Å²) in [5.74, 6) is -0.0164. The van der Waals surface area contributed by atoms with E-state index in [9.17, 15) is 4.79 Å². The summed E-state index contributed by atoms with van der Waals surface area (Å²) in [7, 11) is 0. The van der Waals surface area contributed by atoms with Crippen molar-refractivity contribution < 1.29 is 4.79 Å². The van der Waals surface area contributed by atoms with Gasteiger partial charge in [0.15, 0.2) is 5.78 Å². The molecule has 0 aromatic heterocycles. The maximum absolute atomic E-state index is 11.1. The fraction of sp³-hybridized carbons (Fsp3) is 0.476. The van der Waals surface area contributed by atoms with E-state index in [4.69, 9.17) is 17.3 Å². The van der Waals surface area contributed by atoms with Crippen molar-refractivity contribution >= 4 is 17.4 Å². The minimum Gasteiger partial charge on any atom is -0.402 e. The van der Waals surface area contributed by atoms with Crippen LogP contribution >= 0.6 is 11.6 Å². The highest BCUT2D eigenvalue weighted by atomic mass is 35.5. The second kappa shape index (κ2) is 9.67. The lowest BCUT2D eigenvalue weighted by Crippen LogP contribution is -2.18. The summed E-state index contributed by atoms with van der Waals surface area (Å²) in [6.45, 7) is 4.64. The van der Waals surface area contributed by atoms with Gasteiger partial charge in [-0.15, -0.1) is 0 Å². The number of allylic oxidation sites excluding steroid dienone is 4. The fourth-order valence-electron chi connectivity index (χ4n) is 3.12. The molecule has 0 unspecified atom stereocenters. The summed E-state index contributed by atoms with van der Waals surface area (Å²) in [6.07, 6.45) is 8.77. The number of benzene rings is 1. The highest BCUT2D eigenvalue weighted by Gasteiger charge is 2.14. The Hall–Kier alpha value is -1.74. The molecule has 1 aliphatic carbocycles. The number of halogens is 1. The molecule has 136 valence electrons. The number of carbonyl (C=O) groups is 1. The zero-order chi connectivity index (χ0) is 18.2. The molecule has 0 amide bonds. The number of hydrogen-bond acceptors (Lipinski definition) is 3. The minimum absolute atomic E-state index is 0.0164. The Labute approximate surface area is 156 Å².